The summed E-state index contributed by atoms with van der Waals surface area (Å²) in [5.41, 5.74) is 2.34. The molecular weight excluding hydrogens is 374 g/mol. The van der Waals surface area contributed by atoms with Gasteiger partial charge in [0, 0.05) is 29.7 Å². The number of aromatic nitrogens is 2. The minimum absolute atomic E-state index is 0.166. The fourth-order valence-electron chi connectivity index (χ4n) is 2.68. The molecule has 7 heteroatoms. The van der Waals surface area contributed by atoms with Crippen LogP contribution in [0.5, 0.6) is 11.5 Å². The highest BCUT2D eigenvalue weighted by atomic mass is 32.1. The number of methoxy groups -OCH3 is 1. The van der Waals surface area contributed by atoms with Gasteiger partial charge in [0.1, 0.15) is 11.5 Å². The van der Waals surface area contributed by atoms with Crippen molar-refractivity contribution < 1.29 is 14.3 Å². The van der Waals surface area contributed by atoms with Gasteiger partial charge in [-0.1, -0.05) is 13.0 Å². The van der Waals surface area contributed by atoms with E-state index in [1.54, 1.807) is 37.7 Å². The Morgan fingerprint density at radius 1 is 1.25 bits per heavy atom. The number of thiazole rings is 1. The van der Waals surface area contributed by atoms with Gasteiger partial charge in [-0.05, 0) is 38.0 Å². The number of hydrogen-bond donors (Lipinski definition) is 1. The molecule has 0 saturated carbocycles. The first-order valence-electron chi connectivity index (χ1n) is 9.08. The van der Waals surface area contributed by atoms with Crippen molar-refractivity contribution in [2.24, 2.45) is 0 Å². The Labute approximate surface area is 168 Å². The Morgan fingerprint density at radius 2 is 2.11 bits per heavy atom. The van der Waals surface area contributed by atoms with Gasteiger partial charge in [0.2, 0.25) is 0 Å². The molecule has 0 atom stereocenters. The third-order valence-corrected chi connectivity index (χ3v) is 5.27. The van der Waals surface area contributed by atoms with Crippen molar-refractivity contribution in [3.63, 3.8) is 0 Å². The van der Waals surface area contributed by atoms with Crippen molar-refractivity contribution in [3.05, 3.63) is 63.9 Å². The highest BCUT2D eigenvalue weighted by Crippen LogP contribution is 2.31. The molecule has 0 saturated heterocycles. The molecule has 28 heavy (non-hydrogen) atoms. The van der Waals surface area contributed by atoms with E-state index >= 15 is 0 Å². The van der Waals surface area contributed by atoms with Crippen LogP contribution in [-0.2, 0) is 13.0 Å². The second kappa shape index (κ2) is 9.32. The number of carbonyl (C=O) groups excluding carboxylic acids is 1. The van der Waals surface area contributed by atoms with Crippen LogP contribution in [0.2, 0.25) is 0 Å². The van der Waals surface area contributed by atoms with Crippen LogP contribution in [0, 0.1) is 6.92 Å². The molecular formula is C21H23N3O3S. The highest BCUT2D eigenvalue weighted by molar-refractivity contribution is 7.13. The van der Waals surface area contributed by atoms with Gasteiger partial charge < -0.3 is 14.8 Å². The molecule has 0 radical (unpaired) electrons. The quantitative estimate of drug-likeness (QED) is 0.599. The molecule has 0 aliphatic carbocycles. The molecule has 0 aliphatic heterocycles. The van der Waals surface area contributed by atoms with E-state index in [1.165, 1.54) is 11.3 Å². The molecule has 2 aromatic heterocycles. The minimum atomic E-state index is -0.166. The van der Waals surface area contributed by atoms with Crippen molar-refractivity contribution in [1.29, 1.82) is 0 Å². The number of anilines is 1. The van der Waals surface area contributed by atoms with Gasteiger partial charge in [0.05, 0.1) is 17.8 Å². The van der Waals surface area contributed by atoms with Crippen LogP contribution in [0.4, 0.5) is 5.69 Å². The van der Waals surface area contributed by atoms with Crippen LogP contribution < -0.4 is 14.8 Å². The number of rotatable bonds is 8. The number of ether oxygens (including phenoxy) is 2. The summed E-state index contributed by atoms with van der Waals surface area (Å²) in [6.07, 6.45) is 5.35. The monoisotopic (exact) mass is 397 g/mol. The average Bonchev–Trinajstić information content (AvgIpc) is 3.08. The summed E-state index contributed by atoms with van der Waals surface area (Å²) in [6.45, 7) is 4.32. The number of amides is 1. The topological polar surface area (TPSA) is 73.3 Å². The second-order valence-corrected chi connectivity index (χ2v) is 7.33. The molecule has 1 amide bonds. The van der Waals surface area contributed by atoms with E-state index in [0.717, 1.165) is 29.1 Å². The van der Waals surface area contributed by atoms with Gasteiger partial charge in [0.25, 0.3) is 5.91 Å². The Hall–Kier alpha value is -2.93. The van der Waals surface area contributed by atoms with E-state index in [2.05, 4.69) is 22.2 Å². The Balaban J connectivity index is 1.74. The van der Waals surface area contributed by atoms with Crippen molar-refractivity contribution in [2.45, 2.75) is 33.3 Å². The summed E-state index contributed by atoms with van der Waals surface area (Å²) in [6, 6.07) is 9.12. The van der Waals surface area contributed by atoms with Crippen molar-refractivity contribution in [1.82, 2.24) is 9.97 Å². The fraction of sp³-hybridized carbons (Fsp3) is 0.286. The maximum atomic E-state index is 12.7. The SMILES string of the molecule is CCCc1nc(C)c(C(=O)Nc2ccc(OC)c(OCc3cccnc3)c2)s1. The second-order valence-electron chi connectivity index (χ2n) is 6.24. The molecule has 0 aliphatic rings. The van der Waals surface area contributed by atoms with Crippen LogP contribution in [0.25, 0.3) is 0 Å². The number of nitrogens with one attached hydrogen (secondary N) is 1. The first kappa shape index (κ1) is 19.8. The van der Waals surface area contributed by atoms with E-state index in [1.807, 2.05) is 19.1 Å². The Morgan fingerprint density at radius 3 is 2.82 bits per heavy atom. The Kier molecular flexibility index (Phi) is 6.60. The molecule has 6 nitrogen and oxygen atoms in total. The zero-order chi connectivity index (χ0) is 19.9. The third-order valence-electron chi connectivity index (χ3n) is 4.05. The highest BCUT2D eigenvalue weighted by Gasteiger charge is 2.16. The lowest BCUT2D eigenvalue weighted by Crippen LogP contribution is -2.11. The summed E-state index contributed by atoms with van der Waals surface area (Å²) in [4.78, 5) is 21.9. The van der Waals surface area contributed by atoms with Gasteiger partial charge in [-0.2, -0.15) is 0 Å². The van der Waals surface area contributed by atoms with Crippen LogP contribution in [-0.4, -0.2) is 23.0 Å². The first-order chi connectivity index (χ1) is 13.6. The third kappa shape index (κ3) is 4.86. The standard InChI is InChI=1S/C21H23N3O3S/c1-4-6-19-23-14(2)20(28-19)21(25)24-16-8-9-17(26-3)18(11-16)27-13-15-7-5-10-22-12-15/h5,7-12H,4,6,13H2,1-3H3,(H,24,25). The smallest absolute Gasteiger partial charge is 0.267 e. The van der Waals surface area contributed by atoms with Crippen LogP contribution in [0.1, 0.15) is 39.3 Å². The molecule has 3 aromatic rings. The molecule has 0 bridgehead atoms. The minimum Gasteiger partial charge on any atom is -0.493 e. The van der Waals surface area contributed by atoms with E-state index in [4.69, 9.17) is 9.47 Å². The predicted molar refractivity (Wildman–Crippen MR) is 110 cm³/mol. The Bertz CT molecular complexity index is 941. The van der Waals surface area contributed by atoms with E-state index in [9.17, 15) is 4.79 Å². The number of benzene rings is 1. The lowest BCUT2D eigenvalue weighted by molar-refractivity contribution is 0.103. The number of nitrogens with zero attached hydrogens (tertiary/aromatic N) is 2. The molecule has 146 valence electrons. The van der Waals surface area contributed by atoms with Gasteiger partial charge >= 0.3 is 0 Å². The largest absolute Gasteiger partial charge is 0.493 e. The number of hydrogen-bond acceptors (Lipinski definition) is 6. The fourth-order valence-corrected chi connectivity index (χ4v) is 3.74. The molecule has 3 rings (SSSR count). The van der Waals surface area contributed by atoms with Crippen LogP contribution in [0.3, 0.4) is 0 Å². The van der Waals surface area contributed by atoms with Crippen LogP contribution >= 0.6 is 11.3 Å². The van der Waals surface area contributed by atoms with E-state index < -0.39 is 0 Å². The van der Waals surface area contributed by atoms with Crippen molar-refractivity contribution >= 4 is 22.9 Å². The summed E-state index contributed by atoms with van der Waals surface area (Å²) in [5.74, 6) is 0.985. The van der Waals surface area contributed by atoms with Gasteiger partial charge in [-0.25, -0.2) is 4.98 Å². The van der Waals surface area contributed by atoms with Gasteiger partial charge in [0.15, 0.2) is 11.5 Å². The number of carbonyl (C=O) groups is 1. The summed E-state index contributed by atoms with van der Waals surface area (Å²) < 4.78 is 11.2. The molecule has 0 spiro atoms. The molecule has 0 fully saturated rings. The lowest BCUT2D eigenvalue weighted by Gasteiger charge is -2.13. The van der Waals surface area contributed by atoms with Crippen LogP contribution in [0.15, 0.2) is 42.7 Å². The molecule has 2 heterocycles. The molecule has 1 aromatic carbocycles. The van der Waals surface area contributed by atoms with E-state index in [0.29, 0.717) is 28.7 Å². The van der Waals surface area contributed by atoms with Gasteiger partial charge in [-0.15, -0.1) is 11.3 Å². The average molecular weight is 398 g/mol. The first-order valence-corrected chi connectivity index (χ1v) is 9.89. The summed E-state index contributed by atoms with van der Waals surface area (Å²) >= 11 is 1.44. The molecule has 1 N–H and O–H groups in total. The summed E-state index contributed by atoms with van der Waals surface area (Å²) in [5, 5.41) is 3.91. The normalized spacial score (nSPS) is 10.5. The predicted octanol–water partition coefficient (Wildman–Crippen LogP) is 4.64. The maximum Gasteiger partial charge on any atom is 0.267 e. The molecule has 0 unspecified atom stereocenters. The maximum absolute atomic E-state index is 12.7. The number of pyridine rings is 1. The van der Waals surface area contributed by atoms with Crippen molar-refractivity contribution in [2.75, 3.05) is 12.4 Å². The van der Waals surface area contributed by atoms with Crippen molar-refractivity contribution in [3.8, 4) is 11.5 Å². The zero-order valence-corrected chi connectivity index (χ0v) is 17.0. The van der Waals surface area contributed by atoms with E-state index in [-0.39, 0.29) is 5.91 Å². The number of aryl methyl sites for hydroxylation is 2. The summed E-state index contributed by atoms with van der Waals surface area (Å²) in [7, 11) is 1.58. The lowest BCUT2D eigenvalue weighted by atomic mass is 10.2. The van der Waals surface area contributed by atoms with Gasteiger partial charge in [-0.3, -0.25) is 9.78 Å². The zero-order valence-electron chi connectivity index (χ0n) is 16.2.